The number of hydrogen-bond donors (Lipinski definition) is 1. The number of nitrogens with zero attached hydrogens (tertiary/aromatic N) is 1. The number of hydrogen-bond acceptors (Lipinski definition) is 2. The van der Waals surface area contributed by atoms with E-state index in [0.29, 0.717) is 0 Å². The fraction of sp³-hybridized carbons (Fsp3) is 0. The van der Waals surface area contributed by atoms with E-state index in [0.717, 1.165) is 0 Å². The second kappa shape index (κ2) is 15.6. The number of rotatable bonds is 0. The predicted molar refractivity (Wildman–Crippen MR) is 26.1 cm³/mol. The molecule has 7 heavy (non-hydrogen) atoms. The molecule has 0 aliphatic carbocycles. The van der Waals surface area contributed by atoms with Crippen LogP contribution < -0.4 is 0 Å². The van der Waals surface area contributed by atoms with Crippen molar-refractivity contribution in [2.24, 2.45) is 0 Å². The molecule has 0 aromatic carbocycles. The van der Waals surface area contributed by atoms with E-state index in [2.05, 4.69) is 0 Å². The molecule has 0 atom stereocenters. The molecule has 3 N–H and O–H groups in total. The molecule has 0 aromatic rings. The van der Waals surface area contributed by atoms with Crippen LogP contribution in [-0.2, 0) is 0 Å². The van der Waals surface area contributed by atoms with Crippen molar-refractivity contribution in [2.75, 3.05) is 0 Å². The van der Waals surface area contributed by atoms with E-state index in [1.54, 1.807) is 0 Å². The summed E-state index contributed by atoms with van der Waals surface area (Å²) in [6, 6.07) is 0. The molecule has 0 aliphatic heterocycles. The summed E-state index contributed by atoms with van der Waals surface area (Å²) in [7, 11) is 0. The van der Waals surface area contributed by atoms with Crippen LogP contribution in [0, 0.1) is 10.1 Å². The van der Waals surface area contributed by atoms with Gasteiger partial charge < -0.3 is 13.5 Å². The molecular weight excluding hydrogens is 158 g/mol. The van der Waals surface area contributed by atoms with Gasteiger partial charge in [-0.25, -0.2) is 0 Å². The van der Waals surface area contributed by atoms with Gasteiger partial charge in [0.1, 0.15) is 0 Å². The third kappa shape index (κ3) is 87.8. The van der Waals surface area contributed by atoms with E-state index in [9.17, 15) is 0 Å². The van der Waals surface area contributed by atoms with Crippen LogP contribution in [0.5, 0.6) is 0 Å². The molecule has 0 saturated carbocycles. The zero-order chi connectivity index (χ0) is 3.58. The van der Waals surface area contributed by atoms with Gasteiger partial charge in [-0.2, -0.15) is 0 Å². The van der Waals surface area contributed by atoms with Crippen LogP contribution >= 0.6 is 0 Å². The fourth-order valence-corrected chi connectivity index (χ4v) is 0. The normalized spacial score (nSPS) is 3.43. The Morgan fingerprint density at radius 1 is 1.57 bits per heavy atom. The molecule has 0 unspecified atom stereocenters. The summed E-state index contributed by atoms with van der Waals surface area (Å²) < 4.78 is 0. The Balaban J connectivity index is -0.00000000450. The molecule has 36 valence electrons. The Morgan fingerprint density at radius 3 is 1.57 bits per heavy atom. The zero-order valence-corrected chi connectivity index (χ0v) is 8.04. The molecule has 0 heterocycles. The molecule has 0 rings (SSSR count). The molecule has 0 bridgehead atoms. The monoisotopic (exact) mass is 163 g/mol. The first kappa shape index (κ1) is 23.4. The third-order valence-corrected chi connectivity index (χ3v) is 0. The van der Waals surface area contributed by atoms with Crippen molar-refractivity contribution in [3.63, 3.8) is 0 Å². The standard InChI is InChI=1S/2Ca.HNO3.H2O.2H/c;;2-1(3)4;;;/h;;(H,2,3,4);1H2;;/q2*+2;;;2*-1. The van der Waals surface area contributed by atoms with E-state index in [1.165, 1.54) is 0 Å². The van der Waals surface area contributed by atoms with E-state index in [4.69, 9.17) is 15.3 Å². The topological polar surface area (TPSA) is 94.9 Å². The van der Waals surface area contributed by atoms with E-state index in [-0.39, 0.29) is 83.8 Å². The average molecular weight is 163 g/mol. The van der Waals surface area contributed by atoms with Gasteiger partial charge in [-0.05, 0) is 0 Å². The average Bonchev–Trinajstić information content (AvgIpc) is 0.811. The molecule has 7 heteroatoms. The van der Waals surface area contributed by atoms with Crippen molar-refractivity contribution >= 4 is 75.5 Å². The molecule has 5 nitrogen and oxygen atoms in total. The van der Waals surface area contributed by atoms with E-state index >= 15 is 0 Å². The minimum absolute atomic E-state index is 0. The SMILES string of the molecule is O.O=[N+]([O-])O.[Ca+2].[Ca+2].[H-].[H-]. The Morgan fingerprint density at radius 2 is 1.57 bits per heavy atom. The second-order valence-electron chi connectivity index (χ2n) is 0.238. The summed E-state index contributed by atoms with van der Waals surface area (Å²) in [5.41, 5.74) is 0. The Kier molecular flexibility index (Phi) is 52.2. The van der Waals surface area contributed by atoms with Gasteiger partial charge in [0.05, 0.1) is 0 Å². The van der Waals surface area contributed by atoms with Crippen LogP contribution in [0.3, 0.4) is 0 Å². The van der Waals surface area contributed by atoms with Crippen molar-refractivity contribution in [1.82, 2.24) is 0 Å². The molecule has 0 fully saturated rings. The van der Waals surface area contributed by atoms with Crippen LogP contribution in [0.25, 0.3) is 0 Å². The predicted octanol–water partition coefficient (Wildman–Crippen LogP) is -1.71. The second-order valence-corrected chi connectivity index (χ2v) is 0.238. The van der Waals surface area contributed by atoms with Crippen molar-refractivity contribution in [1.29, 1.82) is 0 Å². The quantitative estimate of drug-likeness (QED) is 0.262. The summed E-state index contributed by atoms with van der Waals surface area (Å²) in [6.45, 7) is 0. The maximum Gasteiger partial charge on any atom is 2.00 e. The summed E-state index contributed by atoms with van der Waals surface area (Å²) in [5, 5.41) is 13.6. The van der Waals surface area contributed by atoms with Gasteiger partial charge in [0.2, 0.25) is 0 Å². The molecule has 0 aromatic heterocycles. The third-order valence-electron chi connectivity index (χ3n) is 0. The minimum atomic E-state index is -1.50. The van der Waals surface area contributed by atoms with Gasteiger partial charge in [-0.15, -0.1) is 10.1 Å². The van der Waals surface area contributed by atoms with Gasteiger partial charge in [0.25, 0.3) is 5.09 Å². The van der Waals surface area contributed by atoms with Gasteiger partial charge in [0, 0.05) is 0 Å². The first-order valence-electron chi connectivity index (χ1n) is 0.565. The van der Waals surface area contributed by atoms with Gasteiger partial charge in [0.15, 0.2) is 0 Å². The smallest absolute Gasteiger partial charge is 1.00 e. The zero-order valence-electron chi connectivity index (χ0n) is 5.63. The van der Waals surface area contributed by atoms with Crippen LogP contribution in [0.4, 0.5) is 0 Å². The minimum Gasteiger partial charge on any atom is -1.00 e. The van der Waals surface area contributed by atoms with Crippen molar-refractivity contribution in [3.8, 4) is 0 Å². The molecular formula is H5Ca2NO4+2. The maximum absolute atomic E-state index is 8.36. The fourth-order valence-electron chi connectivity index (χ4n) is 0. The molecule has 0 amide bonds. The van der Waals surface area contributed by atoms with Gasteiger partial charge in [-0.3, -0.25) is 0 Å². The largest absolute Gasteiger partial charge is 2.00 e. The van der Waals surface area contributed by atoms with Crippen LogP contribution in [-0.4, -0.2) is 91.2 Å². The van der Waals surface area contributed by atoms with Gasteiger partial charge in [-0.1, -0.05) is 0 Å². The van der Waals surface area contributed by atoms with Crippen molar-refractivity contribution < 1.29 is 18.6 Å². The van der Waals surface area contributed by atoms with Crippen molar-refractivity contribution in [2.45, 2.75) is 0 Å². The van der Waals surface area contributed by atoms with Crippen molar-refractivity contribution in [3.05, 3.63) is 10.1 Å². The van der Waals surface area contributed by atoms with Crippen LogP contribution in [0.15, 0.2) is 0 Å². The summed E-state index contributed by atoms with van der Waals surface area (Å²) in [6.07, 6.45) is 0. The van der Waals surface area contributed by atoms with Crippen LogP contribution in [0.1, 0.15) is 2.85 Å². The first-order valence-corrected chi connectivity index (χ1v) is 0.565. The maximum atomic E-state index is 8.36. The summed E-state index contributed by atoms with van der Waals surface area (Å²) in [4.78, 5) is 8.36. The Bertz CT molecular complexity index is 39.5. The Hall–Kier alpha value is 1.68. The molecule has 0 aliphatic rings. The molecule has 0 saturated heterocycles. The summed E-state index contributed by atoms with van der Waals surface area (Å²) >= 11 is 0. The van der Waals surface area contributed by atoms with E-state index in [1.807, 2.05) is 0 Å². The molecule has 0 spiro atoms. The van der Waals surface area contributed by atoms with Crippen LogP contribution in [0.2, 0.25) is 0 Å². The molecule has 0 radical (unpaired) electrons. The first-order chi connectivity index (χ1) is 1.73. The van der Waals surface area contributed by atoms with Gasteiger partial charge >= 0.3 is 75.5 Å². The Labute approximate surface area is 102 Å². The summed E-state index contributed by atoms with van der Waals surface area (Å²) in [5.74, 6) is 0. The van der Waals surface area contributed by atoms with E-state index < -0.39 is 5.09 Å².